The lowest BCUT2D eigenvalue weighted by Crippen LogP contribution is -1.56. The van der Waals surface area contributed by atoms with E-state index in [2.05, 4.69) is 28.2 Å². The van der Waals surface area contributed by atoms with Crippen molar-refractivity contribution in [3.63, 3.8) is 0 Å². The van der Waals surface area contributed by atoms with Gasteiger partial charge in [-0.05, 0) is 29.7 Å². The minimum absolute atomic E-state index is 1.29. The zero-order valence-corrected chi connectivity index (χ0v) is 8.25. The highest BCUT2D eigenvalue weighted by molar-refractivity contribution is 7.16. The maximum absolute atomic E-state index is 4.46. The van der Waals surface area contributed by atoms with Gasteiger partial charge in [0.25, 0.3) is 0 Å². The zero-order valence-electron chi connectivity index (χ0n) is 7.44. The van der Waals surface area contributed by atoms with Crippen molar-refractivity contribution in [1.29, 1.82) is 0 Å². The second-order valence-electron chi connectivity index (χ2n) is 2.63. The summed E-state index contributed by atoms with van der Waals surface area (Å²) in [6.45, 7) is 0. The largest absolute Gasteiger partial charge is 0.461 e. The number of furan rings is 1. The first kappa shape index (κ1) is 9.03. The Morgan fingerprint density at radius 1 is 1.14 bits per heavy atom. The quantitative estimate of drug-likeness (QED) is 0.538. The first-order chi connectivity index (χ1) is 6.97. The van der Waals surface area contributed by atoms with Crippen molar-refractivity contribution in [2.24, 2.45) is 0 Å². The maximum Gasteiger partial charge on any atom is 0.169 e. The van der Waals surface area contributed by atoms with Crippen molar-refractivity contribution in [3.8, 4) is 0 Å². The topological polar surface area (TPSA) is 13.1 Å². The van der Waals surface area contributed by atoms with Crippen molar-refractivity contribution in [2.45, 2.75) is 0 Å². The van der Waals surface area contributed by atoms with Crippen LogP contribution in [0.4, 0.5) is 0 Å². The van der Waals surface area contributed by atoms with Gasteiger partial charge in [0, 0.05) is 10.1 Å². The zero-order chi connectivity index (χ0) is 9.64. The molecule has 0 saturated heterocycles. The summed E-state index contributed by atoms with van der Waals surface area (Å²) in [6, 6.07) is 13.8. The molecule has 2 aromatic heterocycles. The number of hydrogen-bond acceptors (Lipinski definition) is 2. The lowest BCUT2D eigenvalue weighted by atomic mass is 10.3. The van der Waals surface area contributed by atoms with Gasteiger partial charge in [0.2, 0.25) is 0 Å². The van der Waals surface area contributed by atoms with Crippen LogP contribution >= 0.6 is 11.3 Å². The van der Waals surface area contributed by atoms with Gasteiger partial charge in [-0.25, -0.2) is 0 Å². The van der Waals surface area contributed by atoms with Gasteiger partial charge in [0.15, 0.2) is 6.26 Å². The Morgan fingerprint density at radius 2 is 2.07 bits per heavy atom. The summed E-state index contributed by atoms with van der Waals surface area (Å²) in [5.74, 6) is 0. The van der Waals surface area contributed by atoms with Gasteiger partial charge in [-0.2, -0.15) is 0 Å². The van der Waals surface area contributed by atoms with Crippen LogP contribution < -0.4 is 0 Å². The van der Waals surface area contributed by atoms with Crippen LogP contribution in [0.3, 0.4) is 0 Å². The second-order valence-corrected chi connectivity index (χ2v) is 3.51. The predicted octanol–water partition coefficient (Wildman–Crippen LogP) is 3.78. The molecule has 0 saturated carbocycles. The Kier molecular flexibility index (Phi) is 2.99. The third-order valence-electron chi connectivity index (χ3n) is 1.68. The maximum atomic E-state index is 4.46. The third kappa shape index (κ3) is 2.24. The van der Waals surface area contributed by atoms with Crippen LogP contribution in [-0.4, -0.2) is 0 Å². The van der Waals surface area contributed by atoms with E-state index in [4.69, 9.17) is 0 Å². The summed E-state index contributed by atoms with van der Waals surface area (Å²) in [7, 11) is 0. The number of benzene rings is 1. The summed E-state index contributed by atoms with van der Waals surface area (Å²) in [6.07, 6.45) is 4.06. The molecule has 1 nitrogen and oxygen atoms in total. The Balaban J connectivity index is 0.000000128. The molecule has 1 aromatic carbocycles. The highest BCUT2D eigenvalue weighted by Gasteiger charge is 1.88. The van der Waals surface area contributed by atoms with E-state index >= 15 is 0 Å². The van der Waals surface area contributed by atoms with Crippen LogP contribution in [0.15, 0.2) is 53.1 Å². The molecule has 0 aliphatic heterocycles. The Labute approximate surface area is 86.6 Å². The van der Waals surface area contributed by atoms with E-state index in [9.17, 15) is 0 Å². The van der Waals surface area contributed by atoms with E-state index in [-0.39, 0.29) is 0 Å². The van der Waals surface area contributed by atoms with Crippen LogP contribution in [-0.2, 0) is 0 Å². The van der Waals surface area contributed by atoms with E-state index < -0.39 is 0 Å². The van der Waals surface area contributed by atoms with Crippen LogP contribution in [0.5, 0.6) is 0 Å². The molecule has 0 aliphatic carbocycles. The van der Waals surface area contributed by atoms with Crippen LogP contribution in [0.2, 0.25) is 0 Å². The molecule has 3 aromatic rings. The van der Waals surface area contributed by atoms with E-state index in [0.717, 1.165) is 0 Å². The van der Waals surface area contributed by atoms with E-state index in [1.807, 2.05) is 18.2 Å². The molecule has 68 valence electrons. The summed E-state index contributed by atoms with van der Waals surface area (Å²) in [5.41, 5.74) is 0. The fourth-order valence-corrected chi connectivity index (χ4v) is 1.75. The molecule has 0 atom stereocenters. The van der Waals surface area contributed by atoms with Gasteiger partial charge in [0.05, 0.1) is 6.26 Å². The molecule has 14 heavy (non-hydrogen) atoms. The minimum Gasteiger partial charge on any atom is -0.461 e. The Bertz CT molecular complexity index is 420. The fourth-order valence-electron chi connectivity index (χ4n) is 1.05. The second kappa shape index (κ2) is 4.63. The molecule has 0 N–H and O–H groups in total. The molecule has 0 bridgehead atoms. The minimum atomic E-state index is 1.29. The number of fused-ring (bicyclic) bond motifs is 1. The highest BCUT2D eigenvalue weighted by Crippen LogP contribution is 2.18. The first-order valence-corrected chi connectivity index (χ1v) is 5.02. The molecule has 2 radical (unpaired) electrons. The van der Waals surface area contributed by atoms with Crippen molar-refractivity contribution in [1.82, 2.24) is 0 Å². The predicted molar refractivity (Wildman–Crippen MR) is 58.2 cm³/mol. The van der Waals surface area contributed by atoms with Gasteiger partial charge in [-0.15, -0.1) is 11.3 Å². The molecule has 0 aliphatic rings. The average Bonchev–Trinajstić information content (AvgIpc) is 2.92. The monoisotopic (exact) mass is 200 g/mol. The normalized spacial score (nSPS) is 9.43. The van der Waals surface area contributed by atoms with E-state index in [0.29, 0.717) is 0 Å². The van der Waals surface area contributed by atoms with Gasteiger partial charge in [0.1, 0.15) is 0 Å². The molecule has 3 rings (SSSR count). The summed E-state index contributed by atoms with van der Waals surface area (Å²) in [5, 5.41) is 4.37. The van der Waals surface area contributed by atoms with Gasteiger partial charge in [-0.1, -0.05) is 18.2 Å². The number of hydrogen-bond donors (Lipinski definition) is 0. The number of rotatable bonds is 0. The summed E-state index contributed by atoms with van der Waals surface area (Å²) >= 11 is 1.66. The van der Waals surface area contributed by atoms with E-state index in [1.165, 1.54) is 10.1 Å². The summed E-state index contributed by atoms with van der Waals surface area (Å²) in [4.78, 5) is 0. The van der Waals surface area contributed by atoms with Crippen molar-refractivity contribution >= 4 is 21.4 Å². The van der Waals surface area contributed by atoms with Crippen molar-refractivity contribution in [3.05, 3.63) is 60.4 Å². The van der Waals surface area contributed by atoms with Gasteiger partial charge >= 0.3 is 0 Å². The van der Waals surface area contributed by atoms with Crippen molar-refractivity contribution < 1.29 is 4.42 Å². The molecule has 2 heterocycles. The molecule has 0 unspecified atom stereocenters. The number of thiophene rings is 1. The molecule has 0 fully saturated rings. The van der Waals surface area contributed by atoms with Crippen LogP contribution in [0.1, 0.15) is 0 Å². The van der Waals surface area contributed by atoms with Gasteiger partial charge in [-0.3, -0.25) is 0 Å². The molecule has 0 spiro atoms. The smallest absolute Gasteiger partial charge is 0.169 e. The summed E-state index contributed by atoms with van der Waals surface area (Å²) < 4.78 is 5.78. The highest BCUT2D eigenvalue weighted by atomic mass is 32.1. The van der Waals surface area contributed by atoms with E-state index in [1.54, 1.807) is 29.7 Å². The Morgan fingerprint density at radius 3 is 2.71 bits per heavy atom. The lowest BCUT2D eigenvalue weighted by Gasteiger charge is -1.82. The molecular formula is C12H8OS. The Hall–Kier alpha value is -1.54. The third-order valence-corrected chi connectivity index (χ3v) is 2.51. The fraction of sp³-hybridized carbons (Fsp3) is 0. The molecule has 2 heteroatoms. The molecule has 0 amide bonds. The average molecular weight is 200 g/mol. The first-order valence-electron chi connectivity index (χ1n) is 4.21. The molecular weight excluding hydrogens is 192 g/mol. The van der Waals surface area contributed by atoms with Crippen LogP contribution in [0, 0.1) is 11.6 Å². The standard InChI is InChI=1S/C8H5S.C4H3O/c1-2-4-8-7(3-1)5-6-9-8;1-2-4-5-3-1/h1-5H;1-3H. The van der Waals surface area contributed by atoms with Crippen molar-refractivity contribution in [2.75, 3.05) is 0 Å². The van der Waals surface area contributed by atoms with Crippen LogP contribution in [0.25, 0.3) is 10.1 Å². The SMILES string of the molecule is [c]1cc2ccccc2s1.[c]1ccco1. The van der Waals surface area contributed by atoms with Gasteiger partial charge < -0.3 is 4.42 Å². The lowest BCUT2D eigenvalue weighted by molar-refractivity contribution is 0.558.